The number of pyridine rings is 1. The molecule has 0 saturated carbocycles. The average molecular weight is 417 g/mol. The number of ether oxygens (including phenoxy) is 2. The number of amides is 1. The van der Waals surface area contributed by atoms with E-state index in [2.05, 4.69) is 20.0 Å². The van der Waals surface area contributed by atoms with Gasteiger partial charge < -0.3 is 24.8 Å². The van der Waals surface area contributed by atoms with Gasteiger partial charge in [0.05, 0.1) is 36.2 Å². The van der Waals surface area contributed by atoms with Gasteiger partial charge in [-0.15, -0.1) is 0 Å². The number of nitrogens with one attached hydrogen (secondary N) is 1. The molecule has 0 radical (unpaired) electrons. The van der Waals surface area contributed by atoms with E-state index in [1.807, 2.05) is 31.2 Å². The van der Waals surface area contributed by atoms with Gasteiger partial charge >= 0.3 is 0 Å². The van der Waals surface area contributed by atoms with E-state index in [9.17, 15) is 14.3 Å². The Kier molecular flexibility index (Phi) is 5.71. The van der Waals surface area contributed by atoms with E-state index >= 15 is 0 Å². The van der Waals surface area contributed by atoms with Crippen LogP contribution in [-0.2, 0) is 4.79 Å². The van der Waals surface area contributed by atoms with Gasteiger partial charge in [-0.3, -0.25) is 9.79 Å². The van der Waals surface area contributed by atoms with E-state index in [-0.39, 0.29) is 30.1 Å². The minimum Gasteiger partial charge on any atom is -0.495 e. The van der Waals surface area contributed by atoms with E-state index in [1.54, 1.807) is 11.1 Å². The molecule has 1 aromatic heterocycles. The maximum atomic E-state index is 14.0. The van der Waals surface area contributed by atoms with Crippen LogP contribution in [-0.4, -0.2) is 48.4 Å². The first kappa shape index (κ1) is 17.4. The number of para-hydroxylation sites is 2. The molecule has 0 spiro atoms. The van der Waals surface area contributed by atoms with Crippen LogP contribution in [0.25, 0.3) is 0 Å². The Hall–Kier alpha value is -3.46. The predicted molar refractivity (Wildman–Crippen MR) is 110 cm³/mol. The minimum absolute atomic E-state index is 0.153. The number of nitrogens with zero attached hydrogens (tertiary/aromatic N) is 3. The summed E-state index contributed by atoms with van der Waals surface area (Å²) in [6.45, 7) is 2.16. The van der Waals surface area contributed by atoms with Gasteiger partial charge in [0.2, 0.25) is 5.95 Å². The van der Waals surface area contributed by atoms with Crippen LogP contribution in [0.5, 0.6) is 11.5 Å². The third-order valence-electron chi connectivity index (χ3n) is 4.31. The average Bonchev–Trinajstić information content (AvgIpc) is 2.78. The molecule has 2 N–H and O–H groups in total. The second kappa shape index (κ2) is 9.84. The molecule has 1 amide bonds. The van der Waals surface area contributed by atoms with Gasteiger partial charge in [-0.2, -0.15) is 4.39 Å². The lowest BCUT2D eigenvalue weighted by atomic mass is 10.1. The number of anilines is 1. The Morgan fingerprint density at radius 1 is 1.47 bits per heavy atom. The summed E-state index contributed by atoms with van der Waals surface area (Å²) in [5.41, 5.74) is 0.624. The van der Waals surface area contributed by atoms with E-state index in [0.717, 1.165) is 18.0 Å². The van der Waals surface area contributed by atoms with Crippen molar-refractivity contribution in [1.29, 1.82) is 0 Å². The first-order chi connectivity index (χ1) is 15.7. The van der Waals surface area contributed by atoms with Crippen LogP contribution in [0.4, 0.5) is 10.1 Å². The highest BCUT2D eigenvalue weighted by molar-refractivity contribution is 6.40. The molecule has 9 heteroatoms. The molecule has 0 fully saturated rings. The predicted octanol–water partition coefficient (Wildman–Crippen LogP) is 2.21. The highest BCUT2D eigenvalue weighted by Gasteiger charge is 2.22. The molecule has 1 aromatic carbocycles. The monoisotopic (exact) mass is 417 g/mol. The number of halogens is 1. The van der Waals surface area contributed by atoms with Gasteiger partial charge in [-0.1, -0.05) is 12.1 Å². The van der Waals surface area contributed by atoms with Crippen molar-refractivity contribution < 1.29 is 27.9 Å². The van der Waals surface area contributed by atoms with Gasteiger partial charge in [0.25, 0.3) is 5.91 Å². The van der Waals surface area contributed by atoms with E-state index in [1.165, 1.54) is 6.20 Å². The summed E-state index contributed by atoms with van der Waals surface area (Å²) in [4.78, 5) is 21.9. The Bertz CT molecular complexity index is 1060. The number of carbonyl (C=O) groups excluding carboxylic acids is 1. The molecule has 8 nitrogen and oxygen atoms in total. The van der Waals surface area contributed by atoms with Gasteiger partial charge in [0, 0.05) is 24.5 Å². The summed E-state index contributed by atoms with van der Waals surface area (Å²) < 4.78 is 45.7. The summed E-state index contributed by atoms with van der Waals surface area (Å²) in [6, 6.07) is 8.39. The lowest BCUT2D eigenvalue weighted by Crippen LogP contribution is -2.40. The molecule has 30 heavy (non-hydrogen) atoms. The number of aromatic nitrogens is 1. The van der Waals surface area contributed by atoms with Crippen molar-refractivity contribution in [2.24, 2.45) is 4.99 Å². The molecular formula is C21H23FN4O4. The number of hydrogen-bond acceptors (Lipinski definition) is 7. The molecule has 0 bridgehead atoms. The van der Waals surface area contributed by atoms with Gasteiger partial charge in [-0.05, 0) is 25.1 Å². The van der Waals surface area contributed by atoms with E-state index in [0.29, 0.717) is 12.4 Å². The number of aliphatic imine (C=N–C) groups is 1. The van der Waals surface area contributed by atoms with Crippen molar-refractivity contribution >= 4 is 17.3 Å². The van der Waals surface area contributed by atoms with Crippen LogP contribution >= 0.6 is 0 Å². The number of aliphatic hydroxyl groups is 1. The van der Waals surface area contributed by atoms with Crippen molar-refractivity contribution in [3.05, 3.63) is 60.4 Å². The molecule has 0 aliphatic carbocycles. The Morgan fingerprint density at radius 2 is 2.30 bits per heavy atom. The number of rotatable bonds is 8. The Labute approximate surface area is 177 Å². The summed E-state index contributed by atoms with van der Waals surface area (Å²) in [6.07, 6.45) is 2.59. The molecule has 0 saturated heterocycles. The second-order valence-electron chi connectivity index (χ2n) is 6.28. The standard InChI is InChI=1S/C21H23FN4O4/c1-3-30-19-7-5-4-6-17(19)26-9-8-23-16(13-26)21(28)25-12-18(27)15-10-14(29-2)11-24-20(15)22/h4-11,18,27H,3,12-13H2,1-2H3,(H,25,28)/i2D3. The number of methoxy groups -OCH3 is 1. The second-order valence-corrected chi connectivity index (χ2v) is 6.28. The largest absolute Gasteiger partial charge is 0.495 e. The highest BCUT2D eigenvalue weighted by Crippen LogP contribution is 2.29. The van der Waals surface area contributed by atoms with Crippen molar-refractivity contribution in [2.75, 3.05) is 31.6 Å². The molecule has 1 aliphatic rings. The zero-order chi connectivity index (χ0) is 24.0. The zero-order valence-corrected chi connectivity index (χ0v) is 16.2. The molecule has 2 aromatic rings. The lowest BCUT2D eigenvalue weighted by molar-refractivity contribution is -0.115. The van der Waals surface area contributed by atoms with Gasteiger partial charge in [0.1, 0.15) is 23.3 Å². The fourth-order valence-corrected chi connectivity index (χ4v) is 2.86. The Balaban J connectivity index is 1.64. The summed E-state index contributed by atoms with van der Waals surface area (Å²) in [7, 11) is -2.75. The van der Waals surface area contributed by atoms with Crippen LogP contribution in [0.3, 0.4) is 0 Å². The van der Waals surface area contributed by atoms with Crippen LogP contribution < -0.4 is 19.7 Å². The normalized spacial score (nSPS) is 16.0. The maximum absolute atomic E-state index is 14.0. The van der Waals surface area contributed by atoms with E-state index in [4.69, 9.17) is 8.85 Å². The number of carbonyl (C=O) groups is 1. The lowest BCUT2D eigenvalue weighted by Gasteiger charge is -2.25. The molecule has 1 unspecified atom stereocenters. The third kappa shape index (κ3) is 4.93. The number of benzene rings is 1. The fraction of sp³-hybridized carbons (Fsp3) is 0.286. The quantitative estimate of drug-likeness (QED) is 0.640. The number of hydrogen-bond donors (Lipinski definition) is 2. The van der Waals surface area contributed by atoms with E-state index < -0.39 is 25.0 Å². The first-order valence-corrected chi connectivity index (χ1v) is 9.20. The molecule has 2 heterocycles. The fourth-order valence-electron chi connectivity index (χ4n) is 2.86. The summed E-state index contributed by atoms with van der Waals surface area (Å²) >= 11 is 0. The topological polar surface area (TPSA) is 96.3 Å². The zero-order valence-electron chi connectivity index (χ0n) is 19.2. The van der Waals surface area contributed by atoms with Crippen LogP contribution in [0.15, 0.2) is 53.9 Å². The summed E-state index contributed by atoms with van der Waals surface area (Å²) in [5.74, 6) is -1.14. The van der Waals surface area contributed by atoms with Crippen LogP contribution in [0, 0.1) is 5.95 Å². The van der Waals surface area contributed by atoms with Crippen molar-refractivity contribution in [3.8, 4) is 11.5 Å². The van der Waals surface area contributed by atoms with Crippen molar-refractivity contribution in [2.45, 2.75) is 13.0 Å². The molecule has 3 rings (SSSR count). The highest BCUT2D eigenvalue weighted by atomic mass is 19.1. The maximum Gasteiger partial charge on any atom is 0.267 e. The SMILES string of the molecule is [2H]C([2H])([2H])Oc1cnc(F)c(C(O)CNC(=O)C2=NC=CN(c3ccccc3OCC)C2)c1. The van der Waals surface area contributed by atoms with Gasteiger partial charge in [0.15, 0.2) is 0 Å². The summed E-state index contributed by atoms with van der Waals surface area (Å²) in [5, 5.41) is 12.8. The first-order valence-electron chi connectivity index (χ1n) is 10.7. The van der Waals surface area contributed by atoms with Gasteiger partial charge in [-0.25, -0.2) is 4.98 Å². The molecule has 1 atom stereocenters. The number of aliphatic hydroxyl groups excluding tert-OH is 1. The van der Waals surface area contributed by atoms with Crippen LogP contribution in [0.1, 0.15) is 22.7 Å². The van der Waals surface area contributed by atoms with Crippen molar-refractivity contribution in [3.63, 3.8) is 0 Å². The molecule has 158 valence electrons. The smallest absolute Gasteiger partial charge is 0.267 e. The van der Waals surface area contributed by atoms with Crippen molar-refractivity contribution in [1.82, 2.24) is 10.3 Å². The molecule has 1 aliphatic heterocycles. The Morgan fingerprint density at radius 3 is 3.10 bits per heavy atom. The van der Waals surface area contributed by atoms with Crippen LogP contribution in [0.2, 0.25) is 0 Å². The third-order valence-corrected chi connectivity index (χ3v) is 4.31. The molecular weight excluding hydrogens is 391 g/mol. The minimum atomic E-state index is -2.75.